The fourth-order valence-corrected chi connectivity index (χ4v) is 3.34. The molecule has 1 heterocycles. The molecule has 5 heteroatoms. The highest BCUT2D eigenvalue weighted by molar-refractivity contribution is 6.05. The first-order valence-corrected chi connectivity index (χ1v) is 8.98. The van der Waals surface area contributed by atoms with Crippen molar-refractivity contribution in [3.8, 4) is 5.75 Å². The molecule has 1 saturated carbocycles. The average molecular weight is 343 g/mol. The summed E-state index contributed by atoms with van der Waals surface area (Å²) in [4.78, 5) is 24.6. The second-order valence-electron chi connectivity index (χ2n) is 7.23. The van der Waals surface area contributed by atoms with Crippen molar-refractivity contribution >= 4 is 16.9 Å². The summed E-state index contributed by atoms with van der Waals surface area (Å²) in [5.41, 5.74) is 0.200. The van der Waals surface area contributed by atoms with Crippen molar-refractivity contribution in [2.45, 2.75) is 58.6 Å². The van der Waals surface area contributed by atoms with Crippen LogP contribution in [0, 0.1) is 5.92 Å². The maximum Gasteiger partial charge on any atom is 0.337 e. The Labute approximate surface area is 147 Å². The molecular weight excluding hydrogens is 318 g/mol. The quantitative estimate of drug-likeness (QED) is 0.855. The molecule has 0 unspecified atom stereocenters. The van der Waals surface area contributed by atoms with Crippen molar-refractivity contribution in [3.63, 3.8) is 0 Å². The van der Waals surface area contributed by atoms with Crippen LogP contribution in [0.25, 0.3) is 11.0 Å². The van der Waals surface area contributed by atoms with Crippen LogP contribution < -0.4 is 15.7 Å². The van der Waals surface area contributed by atoms with Gasteiger partial charge in [-0.25, -0.2) is 4.79 Å². The third-order valence-corrected chi connectivity index (χ3v) is 4.68. The summed E-state index contributed by atoms with van der Waals surface area (Å²) in [5, 5.41) is 3.69. The zero-order valence-corrected chi connectivity index (χ0v) is 15.0. The van der Waals surface area contributed by atoms with Gasteiger partial charge in [0.25, 0.3) is 5.91 Å². The highest BCUT2D eigenvalue weighted by atomic mass is 16.5. The summed E-state index contributed by atoms with van der Waals surface area (Å²) < 4.78 is 10.9. The van der Waals surface area contributed by atoms with Crippen molar-refractivity contribution in [2.24, 2.45) is 5.92 Å². The van der Waals surface area contributed by atoms with Crippen LogP contribution in [0.3, 0.4) is 0 Å². The highest BCUT2D eigenvalue weighted by Gasteiger charge is 2.22. The van der Waals surface area contributed by atoms with Crippen LogP contribution in [0.4, 0.5) is 0 Å². The van der Waals surface area contributed by atoms with Crippen LogP contribution in [-0.2, 0) is 0 Å². The van der Waals surface area contributed by atoms with E-state index >= 15 is 0 Å². The number of ether oxygens (including phenoxy) is 1. The lowest BCUT2D eigenvalue weighted by Gasteiger charge is -2.27. The van der Waals surface area contributed by atoms with Gasteiger partial charge in [0.15, 0.2) is 0 Å². The third kappa shape index (κ3) is 4.21. The number of carbonyl (C=O) groups is 1. The van der Waals surface area contributed by atoms with Gasteiger partial charge in [-0.3, -0.25) is 4.79 Å². The number of hydrogen-bond acceptors (Lipinski definition) is 4. The van der Waals surface area contributed by atoms with Gasteiger partial charge < -0.3 is 14.5 Å². The predicted octanol–water partition coefficient (Wildman–Crippen LogP) is 3.89. The lowest BCUT2D eigenvalue weighted by molar-refractivity contribution is 0.0924. The van der Waals surface area contributed by atoms with Gasteiger partial charge in [0.05, 0.1) is 11.7 Å². The summed E-state index contributed by atoms with van der Waals surface area (Å²) in [6.07, 6.45) is 4.23. The number of carbonyl (C=O) groups excluding carboxylic acids is 1. The van der Waals surface area contributed by atoms with Gasteiger partial charge in [0.1, 0.15) is 11.3 Å². The predicted molar refractivity (Wildman–Crippen MR) is 97.1 cm³/mol. The smallest absolute Gasteiger partial charge is 0.337 e. The summed E-state index contributed by atoms with van der Waals surface area (Å²) in [7, 11) is 0. The molecule has 0 aliphatic heterocycles. The van der Waals surface area contributed by atoms with Crippen molar-refractivity contribution in [3.05, 3.63) is 40.2 Å². The minimum absolute atomic E-state index is 0.0179. The monoisotopic (exact) mass is 343 g/mol. The summed E-state index contributed by atoms with van der Waals surface area (Å²) in [6.45, 7) is 6.09. The van der Waals surface area contributed by atoms with Crippen LogP contribution in [-0.4, -0.2) is 18.1 Å². The molecule has 1 N–H and O–H groups in total. The maximum absolute atomic E-state index is 12.7. The Morgan fingerprint density at radius 1 is 1.20 bits per heavy atom. The van der Waals surface area contributed by atoms with E-state index in [-0.39, 0.29) is 18.1 Å². The first kappa shape index (κ1) is 17.5. The van der Waals surface area contributed by atoms with Gasteiger partial charge in [-0.2, -0.15) is 0 Å². The molecule has 0 spiro atoms. The molecule has 0 atom stereocenters. The number of hydrogen-bond donors (Lipinski definition) is 1. The molecule has 1 aromatic carbocycles. The number of benzene rings is 1. The van der Waals surface area contributed by atoms with Gasteiger partial charge in [-0.1, -0.05) is 6.92 Å². The largest absolute Gasteiger partial charge is 0.491 e. The molecule has 5 nitrogen and oxygen atoms in total. The van der Waals surface area contributed by atoms with E-state index in [1.165, 1.54) is 6.07 Å². The molecule has 1 aliphatic carbocycles. The molecule has 134 valence electrons. The van der Waals surface area contributed by atoms with Gasteiger partial charge >= 0.3 is 5.63 Å². The Balaban J connectivity index is 1.87. The first-order valence-electron chi connectivity index (χ1n) is 8.98. The van der Waals surface area contributed by atoms with Gasteiger partial charge in [-0.15, -0.1) is 0 Å². The number of fused-ring (bicyclic) bond motifs is 1. The third-order valence-electron chi connectivity index (χ3n) is 4.68. The van der Waals surface area contributed by atoms with Crippen LogP contribution in [0.1, 0.15) is 56.8 Å². The minimum atomic E-state index is -0.531. The van der Waals surface area contributed by atoms with Crippen LogP contribution >= 0.6 is 0 Å². The van der Waals surface area contributed by atoms with E-state index in [1.807, 2.05) is 13.8 Å². The Hall–Kier alpha value is -2.30. The summed E-state index contributed by atoms with van der Waals surface area (Å²) in [5.74, 6) is 1.12. The fraction of sp³-hybridized carbons (Fsp3) is 0.500. The molecule has 25 heavy (non-hydrogen) atoms. The van der Waals surface area contributed by atoms with E-state index in [9.17, 15) is 9.59 Å². The molecule has 0 bridgehead atoms. The lowest BCUT2D eigenvalue weighted by Crippen LogP contribution is -2.37. The second kappa shape index (κ2) is 7.30. The van der Waals surface area contributed by atoms with Gasteiger partial charge in [0, 0.05) is 23.6 Å². The highest BCUT2D eigenvalue weighted by Crippen LogP contribution is 2.26. The Morgan fingerprint density at radius 3 is 2.60 bits per heavy atom. The maximum atomic E-state index is 12.7. The van der Waals surface area contributed by atoms with Crippen LogP contribution in [0.2, 0.25) is 0 Å². The fourth-order valence-electron chi connectivity index (χ4n) is 3.34. The molecule has 0 saturated heterocycles. The Bertz CT molecular complexity index is 816. The molecular formula is C20H25NO4. The zero-order chi connectivity index (χ0) is 18.0. The Kier molecular flexibility index (Phi) is 5.11. The summed E-state index contributed by atoms with van der Waals surface area (Å²) >= 11 is 0. The van der Waals surface area contributed by atoms with Gasteiger partial charge in [0.2, 0.25) is 0 Å². The first-order chi connectivity index (χ1) is 11.9. The number of rotatable bonds is 4. The SMILES string of the molecule is CC1CCC(NC(=O)c2cc(=O)oc3cc(OC(C)C)ccc23)CC1. The van der Waals surface area contributed by atoms with Crippen molar-refractivity contribution in [1.82, 2.24) is 5.32 Å². The van der Waals surface area contributed by atoms with Crippen molar-refractivity contribution in [1.29, 1.82) is 0 Å². The number of amides is 1. The molecule has 1 aromatic heterocycles. The molecule has 0 radical (unpaired) electrons. The zero-order valence-electron chi connectivity index (χ0n) is 15.0. The normalized spacial score (nSPS) is 20.6. The Morgan fingerprint density at radius 2 is 1.92 bits per heavy atom. The van der Waals surface area contributed by atoms with E-state index in [4.69, 9.17) is 9.15 Å². The van der Waals surface area contributed by atoms with Gasteiger partial charge in [-0.05, 0) is 57.6 Å². The molecule has 1 amide bonds. The molecule has 1 aliphatic rings. The summed E-state index contributed by atoms with van der Waals surface area (Å²) in [6, 6.07) is 6.67. The average Bonchev–Trinajstić information content (AvgIpc) is 2.55. The second-order valence-corrected chi connectivity index (χ2v) is 7.23. The topological polar surface area (TPSA) is 68.5 Å². The standard InChI is InChI=1S/C20H25NO4/c1-12(2)24-15-8-9-16-17(11-19(22)25-18(16)10-15)20(23)21-14-6-4-13(3)5-7-14/h8-14H,4-7H2,1-3H3,(H,21,23). The molecule has 2 aromatic rings. The lowest BCUT2D eigenvalue weighted by atomic mass is 9.87. The van der Waals surface area contributed by atoms with Crippen LogP contribution in [0.5, 0.6) is 5.75 Å². The van der Waals surface area contributed by atoms with Crippen molar-refractivity contribution < 1.29 is 13.9 Å². The minimum Gasteiger partial charge on any atom is -0.491 e. The molecule has 3 rings (SSSR count). The van der Waals surface area contributed by atoms with E-state index in [0.29, 0.717) is 22.3 Å². The molecule has 1 fully saturated rings. The number of nitrogens with one attached hydrogen (secondary N) is 1. The van der Waals surface area contributed by atoms with E-state index < -0.39 is 5.63 Å². The van der Waals surface area contributed by atoms with E-state index in [1.54, 1.807) is 18.2 Å². The van der Waals surface area contributed by atoms with E-state index in [2.05, 4.69) is 12.2 Å². The van der Waals surface area contributed by atoms with E-state index in [0.717, 1.165) is 31.6 Å². The van der Waals surface area contributed by atoms with Crippen LogP contribution in [0.15, 0.2) is 33.5 Å². The van der Waals surface area contributed by atoms with Crippen molar-refractivity contribution in [2.75, 3.05) is 0 Å².